The van der Waals surface area contributed by atoms with Gasteiger partial charge in [-0.2, -0.15) is 0 Å². The molecule has 1 aromatic heterocycles. The van der Waals surface area contributed by atoms with Gasteiger partial charge in [-0.25, -0.2) is 4.39 Å². The van der Waals surface area contributed by atoms with E-state index < -0.39 is 6.10 Å². The molecule has 32 heavy (non-hydrogen) atoms. The van der Waals surface area contributed by atoms with Crippen molar-refractivity contribution in [1.82, 2.24) is 15.0 Å². The van der Waals surface area contributed by atoms with Gasteiger partial charge in [0, 0.05) is 35.8 Å². The molecule has 0 saturated carbocycles. The van der Waals surface area contributed by atoms with Gasteiger partial charge in [0.15, 0.2) is 0 Å². The molecule has 1 unspecified atom stereocenters. The summed E-state index contributed by atoms with van der Waals surface area (Å²) in [5.41, 5.74) is 3.09. The maximum atomic E-state index is 13.0. The summed E-state index contributed by atoms with van der Waals surface area (Å²) in [6, 6.07) is 22.8. The molecule has 0 aliphatic rings. The van der Waals surface area contributed by atoms with Gasteiger partial charge in [-0.3, -0.25) is 9.71 Å². The Balaban J connectivity index is 1.27. The second-order valence-corrected chi connectivity index (χ2v) is 8.47. The molecule has 1 heterocycles. The summed E-state index contributed by atoms with van der Waals surface area (Å²) in [5.74, 6) is -0.291. The van der Waals surface area contributed by atoms with Crippen molar-refractivity contribution >= 4 is 22.7 Å². The fourth-order valence-electron chi connectivity index (χ4n) is 3.54. The minimum Gasteiger partial charge on any atom is -0.388 e. The number of aromatic nitrogens is 1. The van der Waals surface area contributed by atoms with Gasteiger partial charge < -0.3 is 10.4 Å². The third kappa shape index (κ3) is 5.93. The molecular formula is C26H26FN3OS. The maximum absolute atomic E-state index is 13.0. The van der Waals surface area contributed by atoms with Crippen molar-refractivity contribution in [2.24, 2.45) is 0 Å². The van der Waals surface area contributed by atoms with Crippen molar-refractivity contribution in [2.45, 2.75) is 17.4 Å². The first-order chi connectivity index (χ1) is 15.7. The van der Waals surface area contributed by atoms with Crippen molar-refractivity contribution < 1.29 is 9.50 Å². The Labute approximate surface area is 192 Å². The molecule has 0 amide bonds. The molecule has 0 radical (unpaired) electrons. The molecule has 3 aromatic carbocycles. The first-order valence-corrected chi connectivity index (χ1v) is 11.5. The van der Waals surface area contributed by atoms with Gasteiger partial charge in [0.05, 0.1) is 6.10 Å². The summed E-state index contributed by atoms with van der Waals surface area (Å²) < 4.78 is 16.4. The Bertz CT molecular complexity index is 1140. The van der Waals surface area contributed by atoms with Crippen molar-refractivity contribution in [3.63, 3.8) is 0 Å². The van der Waals surface area contributed by atoms with E-state index in [1.807, 2.05) is 36.7 Å². The van der Waals surface area contributed by atoms with Crippen LogP contribution in [-0.2, 0) is 0 Å². The lowest BCUT2D eigenvalue weighted by atomic mass is 10.0. The van der Waals surface area contributed by atoms with E-state index in [4.69, 9.17) is 0 Å². The average molecular weight is 448 g/mol. The van der Waals surface area contributed by atoms with Crippen LogP contribution in [0.1, 0.15) is 18.1 Å². The number of benzene rings is 3. The molecule has 6 heteroatoms. The number of nitrogens with one attached hydrogen (secondary N) is 2. The molecule has 4 rings (SSSR count). The zero-order valence-corrected chi connectivity index (χ0v) is 18.5. The summed E-state index contributed by atoms with van der Waals surface area (Å²) in [7, 11) is 0. The summed E-state index contributed by atoms with van der Waals surface area (Å²) >= 11 is 1.62. The summed E-state index contributed by atoms with van der Waals surface area (Å²) in [4.78, 5) is 5.44. The minimum absolute atomic E-state index is 0.291. The predicted molar refractivity (Wildman–Crippen MR) is 130 cm³/mol. The molecule has 0 aliphatic heterocycles. The summed E-state index contributed by atoms with van der Waals surface area (Å²) in [6.45, 7) is 2.24. The van der Waals surface area contributed by atoms with E-state index in [2.05, 4.69) is 39.3 Å². The fraction of sp³-hybridized carbons (Fsp3) is 0.192. The highest BCUT2D eigenvalue weighted by Crippen LogP contribution is 2.32. The molecular weight excluding hydrogens is 421 g/mol. The topological polar surface area (TPSA) is 57.2 Å². The lowest BCUT2D eigenvalue weighted by Crippen LogP contribution is -2.25. The van der Waals surface area contributed by atoms with Crippen molar-refractivity contribution in [2.75, 3.05) is 19.6 Å². The van der Waals surface area contributed by atoms with Crippen LogP contribution in [0.3, 0.4) is 0 Å². The van der Waals surface area contributed by atoms with Gasteiger partial charge in [0.25, 0.3) is 0 Å². The maximum Gasteiger partial charge on any atom is 0.123 e. The first kappa shape index (κ1) is 22.4. The standard InChI is InChI=1S/C26H26FN3OS/c27-23-8-6-20(7-9-23)25(31)11-13-28-14-15-30-32-26-17-21(19-4-2-1-3-5-19)16-22-18-29-12-10-24(22)26/h1-10,12,16-18,25,28,30-31H,11,13-15H2. The van der Waals surface area contributed by atoms with Crippen molar-refractivity contribution in [1.29, 1.82) is 0 Å². The van der Waals surface area contributed by atoms with Crippen LogP contribution in [-0.4, -0.2) is 29.7 Å². The smallest absolute Gasteiger partial charge is 0.123 e. The second kappa shape index (κ2) is 11.2. The van der Waals surface area contributed by atoms with Gasteiger partial charge in [-0.1, -0.05) is 42.5 Å². The van der Waals surface area contributed by atoms with Crippen LogP contribution >= 0.6 is 11.9 Å². The third-order valence-electron chi connectivity index (χ3n) is 5.26. The minimum atomic E-state index is -0.592. The van der Waals surface area contributed by atoms with Gasteiger partial charge >= 0.3 is 0 Å². The quantitative estimate of drug-likeness (QED) is 0.226. The fourth-order valence-corrected chi connectivity index (χ4v) is 4.38. The third-order valence-corrected chi connectivity index (χ3v) is 6.16. The first-order valence-electron chi connectivity index (χ1n) is 10.7. The number of rotatable bonds is 10. The number of nitrogens with zero attached hydrogens (tertiary/aromatic N) is 1. The second-order valence-electron chi connectivity index (χ2n) is 7.54. The SMILES string of the molecule is OC(CCNCCNSc1cc(-c2ccccc2)cc2cnccc12)c1ccc(F)cc1. The van der Waals surface area contributed by atoms with Crippen LogP contribution in [0.2, 0.25) is 0 Å². The number of hydrogen-bond donors (Lipinski definition) is 3. The number of pyridine rings is 1. The lowest BCUT2D eigenvalue weighted by molar-refractivity contribution is 0.167. The molecule has 4 nitrogen and oxygen atoms in total. The zero-order valence-electron chi connectivity index (χ0n) is 17.7. The Morgan fingerprint density at radius 3 is 2.53 bits per heavy atom. The largest absolute Gasteiger partial charge is 0.388 e. The number of hydrogen-bond acceptors (Lipinski definition) is 5. The van der Waals surface area contributed by atoms with E-state index in [1.54, 1.807) is 24.1 Å². The number of aliphatic hydroxyl groups is 1. The Morgan fingerprint density at radius 2 is 1.72 bits per heavy atom. The average Bonchev–Trinajstić information content (AvgIpc) is 2.84. The normalized spacial score (nSPS) is 12.2. The highest BCUT2D eigenvalue weighted by molar-refractivity contribution is 7.97. The number of halogens is 1. The van der Waals surface area contributed by atoms with E-state index >= 15 is 0 Å². The molecule has 0 aliphatic carbocycles. The number of aliphatic hydroxyl groups excluding tert-OH is 1. The molecule has 4 aromatic rings. The summed E-state index contributed by atoms with van der Waals surface area (Å²) in [6.07, 6.45) is 3.71. The monoisotopic (exact) mass is 447 g/mol. The van der Waals surface area contributed by atoms with Gasteiger partial charge in [-0.05, 0) is 77.3 Å². The Hall–Kier alpha value is -2.77. The van der Waals surface area contributed by atoms with Crippen LogP contribution < -0.4 is 10.0 Å². The van der Waals surface area contributed by atoms with Crippen LogP contribution in [0.5, 0.6) is 0 Å². The molecule has 0 spiro atoms. The molecule has 0 bridgehead atoms. The van der Waals surface area contributed by atoms with Gasteiger partial charge in [0.1, 0.15) is 5.82 Å². The van der Waals surface area contributed by atoms with Gasteiger partial charge in [0.2, 0.25) is 0 Å². The Kier molecular flexibility index (Phi) is 7.85. The van der Waals surface area contributed by atoms with Crippen LogP contribution in [0.4, 0.5) is 4.39 Å². The highest BCUT2D eigenvalue weighted by atomic mass is 32.2. The van der Waals surface area contributed by atoms with Crippen LogP contribution in [0, 0.1) is 5.82 Å². The summed E-state index contributed by atoms with van der Waals surface area (Å²) in [5, 5.41) is 15.8. The van der Waals surface area contributed by atoms with Gasteiger partial charge in [-0.15, -0.1) is 0 Å². The lowest BCUT2D eigenvalue weighted by Gasteiger charge is -2.13. The highest BCUT2D eigenvalue weighted by Gasteiger charge is 2.08. The molecule has 3 N–H and O–H groups in total. The van der Waals surface area contributed by atoms with E-state index in [0.29, 0.717) is 13.0 Å². The van der Waals surface area contributed by atoms with Crippen molar-refractivity contribution in [3.05, 3.63) is 96.6 Å². The molecule has 1 atom stereocenters. The van der Waals surface area contributed by atoms with Crippen molar-refractivity contribution in [3.8, 4) is 11.1 Å². The Morgan fingerprint density at radius 1 is 0.906 bits per heavy atom. The van der Waals surface area contributed by atoms with E-state index in [9.17, 15) is 9.50 Å². The molecule has 164 valence electrons. The van der Waals surface area contributed by atoms with E-state index in [-0.39, 0.29) is 5.82 Å². The zero-order chi connectivity index (χ0) is 22.2. The molecule has 0 fully saturated rings. The molecule has 0 saturated heterocycles. The predicted octanol–water partition coefficient (Wildman–Crippen LogP) is 5.35. The number of fused-ring (bicyclic) bond motifs is 1. The van der Waals surface area contributed by atoms with Crippen LogP contribution in [0.25, 0.3) is 21.9 Å². The van der Waals surface area contributed by atoms with E-state index in [0.717, 1.165) is 28.9 Å². The van der Waals surface area contributed by atoms with E-state index in [1.165, 1.54) is 28.6 Å². The van der Waals surface area contributed by atoms with Crippen LogP contribution in [0.15, 0.2) is 90.1 Å².